The van der Waals surface area contributed by atoms with Gasteiger partial charge in [0.1, 0.15) is 23.9 Å². The Morgan fingerprint density at radius 2 is 1.59 bits per heavy atom. The molecule has 2 heterocycles. The van der Waals surface area contributed by atoms with Crippen LogP contribution in [-0.4, -0.2) is 18.6 Å². The predicted molar refractivity (Wildman–Crippen MR) is 109 cm³/mol. The van der Waals surface area contributed by atoms with Crippen molar-refractivity contribution in [2.45, 2.75) is 31.5 Å². The molecule has 0 amide bonds. The van der Waals surface area contributed by atoms with E-state index in [1.165, 1.54) is 27.8 Å². The molecule has 0 aliphatic carbocycles. The van der Waals surface area contributed by atoms with Crippen LogP contribution in [-0.2, 0) is 18.5 Å². The topological polar surface area (TPSA) is 9.23 Å². The van der Waals surface area contributed by atoms with Crippen molar-refractivity contribution in [2.75, 3.05) is 14.2 Å². The average molecular weight is 356 g/mol. The number of nitrogens with zero attached hydrogens (tertiary/aromatic N) is 1. The van der Waals surface area contributed by atoms with Gasteiger partial charge in [-0.15, -0.1) is 0 Å². The molecule has 2 bridgehead atoms. The first-order valence-electron chi connectivity index (χ1n) is 9.74. The van der Waals surface area contributed by atoms with E-state index in [1.54, 1.807) is 7.11 Å². The van der Waals surface area contributed by atoms with E-state index >= 15 is 0 Å². The molecule has 3 atom stereocenters. The summed E-state index contributed by atoms with van der Waals surface area (Å²) in [6.07, 6.45) is 1.11. The molecule has 3 aromatic rings. The normalized spacial score (nSPS) is 27.7. The highest BCUT2D eigenvalue weighted by atomic mass is 16.5. The molecule has 0 aromatic heterocycles. The Morgan fingerprint density at radius 1 is 0.926 bits per heavy atom. The molecule has 0 N–H and O–H groups in total. The number of benzene rings is 3. The number of methoxy groups -OCH3 is 1. The van der Waals surface area contributed by atoms with E-state index in [1.807, 2.05) is 0 Å². The molecule has 0 saturated heterocycles. The highest BCUT2D eigenvalue weighted by Crippen LogP contribution is 2.60. The molecule has 0 fully saturated rings. The maximum absolute atomic E-state index is 5.35. The zero-order valence-corrected chi connectivity index (χ0v) is 16.3. The van der Waals surface area contributed by atoms with Crippen LogP contribution in [0.5, 0.6) is 5.75 Å². The highest BCUT2D eigenvalue weighted by Gasteiger charge is 2.62. The molecule has 0 spiro atoms. The van der Waals surface area contributed by atoms with Gasteiger partial charge in [-0.3, -0.25) is 0 Å². The van der Waals surface area contributed by atoms with Crippen LogP contribution in [0, 0.1) is 0 Å². The first-order chi connectivity index (χ1) is 13.1. The minimum absolute atomic E-state index is 0.0317. The lowest BCUT2D eigenvalue weighted by atomic mass is 9.78. The standard InChI is InChI=1S/C25H26NO/c1-25-22-10-6-4-8-19(22)16-24(21-9-5-7-11-23(21)25)26(25,2)17-18-12-14-20(27-3)15-13-18/h4-15,24H,16-17H2,1-3H3/q+1/t24-,25+,26+/m0/s1. The van der Waals surface area contributed by atoms with Crippen molar-refractivity contribution in [2.24, 2.45) is 0 Å². The van der Waals surface area contributed by atoms with E-state index in [2.05, 4.69) is 86.8 Å². The second-order valence-corrected chi connectivity index (χ2v) is 8.31. The van der Waals surface area contributed by atoms with Gasteiger partial charge >= 0.3 is 0 Å². The molecule has 2 heteroatoms. The Hall–Kier alpha value is -2.58. The van der Waals surface area contributed by atoms with Crippen LogP contribution >= 0.6 is 0 Å². The van der Waals surface area contributed by atoms with Gasteiger partial charge in [0.15, 0.2) is 0 Å². The van der Waals surface area contributed by atoms with E-state index < -0.39 is 0 Å². The Labute approximate surface area is 161 Å². The number of quaternary nitrogens is 1. The lowest BCUT2D eigenvalue weighted by Gasteiger charge is -2.52. The average Bonchev–Trinajstić information content (AvgIpc) is 2.81. The molecule has 3 aromatic carbocycles. The van der Waals surface area contributed by atoms with Gasteiger partial charge in [-0.05, 0) is 36.8 Å². The molecule has 2 aliphatic heterocycles. The van der Waals surface area contributed by atoms with Gasteiger partial charge in [-0.1, -0.05) is 48.5 Å². The van der Waals surface area contributed by atoms with E-state index in [0.29, 0.717) is 6.04 Å². The number of hydrogen-bond acceptors (Lipinski definition) is 1. The van der Waals surface area contributed by atoms with Crippen molar-refractivity contribution in [3.05, 3.63) is 101 Å². The fourth-order valence-corrected chi connectivity index (χ4v) is 5.62. The molecule has 0 radical (unpaired) electrons. The van der Waals surface area contributed by atoms with Crippen LogP contribution in [0.2, 0.25) is 0 Å². The third-order valence-electron chi connectivity index (χ3n) is 7.18. The number of fused-ring (bicyclic) bond motifs is 7. The van der Waals surface area contributed by atoms with Gasteiger partial charge in [0.05, 0.1) is 14.2 Å². The Morgan fingerprint density at radius 3 is 2.33 bits per heavy atom. The molecule has 2 aliphatic rings. The van der Waals surface area contributed by atoms with Gasteiger partial charge in [-0.2, -0.15) is 0 Å². The Bertz CT molecular complexity index is 996. The fraction of sp³-hybridized carbons (Fsp3) is 0.280. The smallest absolute Gasteiger partial charge is 0.149 e. The van der Waals surface area contributed by atoms with Crippen LogP contribution in [0.3, 0.4) is 0 Å². The van der Waals surface area contributed by atoms with Crippen molar-refractivity contribution < 1.29 is 9.22 Å². The van der Waals surface area contributed by atoms with Gasteiger partial charge in [-0.25, -0.2) is 0 Å². The SMILES string of the molecule is COc1ccc(C[N@+]2(C)[C@H]3Cc4ccccc4[C@]2(C)c2ccccc23)cc1. The summed E-state index contributed by atoms with van der Waals surface area (Å²) in [7, 11) is 4.17. The van der Waals surface area contributed by atoms with E-state index in [4.69, 9.17) is 4.74 Å². The van der Waals surface area contributed by atoms with Crippen molar-refractivity contribution in [3.63, 3.8) is 0 Å². The molecular formula is C25H26NO+. The van der Waals surface area contributed by atoms with Gasteiger partial charge in [0.2, 0.25) is 0 Å². The Balaban J connectivity index is 1.69. The van der Waals surface area contributed by atoms with Crippen molar-refractivity contribution in [1.29, 1.82) is 0 Å². The summed E-state index contributed by atoms with van der Waals surface area (Å²) in [5.41, 5.74) is 7.34. The summed E-state index contributed by atoms with van der Waals surface area (Å²) < 4.78 is 6.35. The van der Waals surface area contributed by atoms with Gasteiger partial charge in [0.25, 0.3) is 0 Å². The van der Waals surface area contributed by atoms with Crippen molar-refractivity contribution in [1.82, 2.24) is 0 Å². The summed E-state index contributed by atoms with van der Waals surface area (Å²) in [4.78, 5) is 0. The third kappa shape index (κ3) is 2.11. The molecular weight excluding hydrogens is 330 g/mol. The Kier molecular flexibility index (Phi) is 3.50. The zero-order valence-electron chi connectivity index (χ0n) is 16.3. The number of hydrogen-bond donors (Lipinski definition) is 0. The van der Waals surface area contributed by atoms with Crippen LogP contribution < -0.4 is 4.74 Å². The second-order valence-electron chi connectivity index (χ2n) is 8.31. The maximum atomic E-state index is 5.35. The highest BCUT2D eigenvalue weighted by molar-refractivity contribution is 5.51. The van der Waals surface area contributed by atoms with Gasteiger partial charge < -0.3 is 9.22 Å². The summed E-state index contributed by atoms with van der Waals surface area (Å²) >= 11 is 0. The van der Waals surface area contributed by atoms with E-state index in [0.717, 1.165) is 23.2 Å². The number of ether oxygens (including phenoxy) is 1. The molecule has 27 heavy (non-hydrogen) atoms. The first-order valence-corrected chi connectivity index (χ1v) is 9.74. The lowest BCUT2D eigenvalue weighted by Crippen LogP contribution is -2.58. The van der Waals surface area contributed by atoms with Crippen molar-refractivity contribution >= 4 is 0 Å². The maximum Gasteiger partial charge on any atom is 0.149 e. The molecule has 5 rings (SSSR count). The molecule has 0 saturated carbocycles. The second kappa shape index (κ2) is 5.71. The van der Waals surface area contributed by atoms with Crippen LogP contribution in [0.4, 0.5) is 0 Å². The van der Waals surface area contributed by atoms with E-state index in [9.17, 15) is 0 Å². The fourth-order valence-electron chi connectivity index (χ4n) is 5.62. The van der Waals surface area contributed by atoms with Gasteiger partial charge in [0, 0.05) is 28.7 Å². The summed E-state index contributed by atoms with van der Waals surface area (Å²) in [5.74, 6) is 0.919. The monoisotopic (exact) mass is 356 g/mol. The molecule has 0 unspecified atom stereocenters. The van der Waals surface area contributed by atoms with Crippen LogP contribution in [0.25, 0.3) is 0 Å². The quantitative estimate of drug-likeness (QED) is 0.585. The first kappa shape index (κ1) is 16.6. The minimum atomic E-state index is -0.0317. The largest absolute Gasteiger partial charge is 0.497 e. The zero-order chi connectivity index (χ0) is 18.6. The number of rotatable bonds is 3. The number of likely N-dealkylation sites (N-methyl/N-ethyl adjacent to an activating group) is 1. The predicted octanol–water partition coefficient (Wildman–Crippen LogP) is 5.22. The molecule has 136 valence electrons. The minimum Gasteiger partial charge on any atom is -0.497 e. The lowest BCUT2D eigenvalue weighted by molar-refractivity contribution is -0.993. The summed E-state index contributed by atoms with van der Waals surface area (Å²) in [6.45, 7) is 3.46. The third-order valence-corrected chi connectivity index (χ3v) is 7.18. The summed E-state index contributed by atoms with van der Waals surface area (Å²) in [6, 6.07) is 27.2. The van der Waals surface area contributed by atoms with Crippen molar-refractivity contribution in [3.8, 4) is 5.75 Å². The summed E-state index contributed by atoms with van der Waals surface area (Å²) in [5, 5.41) is 0. The van der Waals surface area contributed by atoms with E-state index in [-0.39, 0.29) is 5.54 Å². The molecule has 2 nitrogen and oxygen atoms in total. The van der Waals surface area contributed by atoms with Crippen LogP contribution in [0.15, 0.2) is 72.8 Å². The van der Waals surface area contributed by atoms with Crippen LogP contribution in [0.1, 0.15) is 40.8 Å².